The Morgan fingerprint density at radius 2 is 2.19 bits per heavy atom. The van der Waals surface area contributed by atoms with E-state index in [1.165, 1.54) is 4.90 Å². The van der Waals surface area contributed by atoms with Crippen LogP contribution in [0.5, 0.6) is 5.75 Å². The van der Waals surface area contributed by atoms with Crippen LogP contribution in [0.1, 0.15) is 6.42 Å². The number of anilines is 1. The molecule has 6 heteroatoms. The molecule has 0 fully saturated rings. The molecule has 6 nitrogen and oxygen atoms in total. The van der Waals surface area contributed by atoms with Crippen LogP contribution in [0.3, 0.4) is 0 Å². The summed E-state index contributed by atoms with van der Waals surface area (Å²) in [7, 11) is 3.36. The first-order chi connectivity index (χ1) is 10.1. The van der Waals surface area contributed by atoms with Crippen molar-refractivity contribution in [3.05, 3.63) is 24.3 Å². The third-order valence-corrected chi connectivity index (χ3v) is 3.37. The maximum atomic E-state index is 12.2. The molecular formula is C15H20N2O4. The number of ether oxygens (including phenoxy) is 2. The quantitative estimate of drug-likeness (QED) is 0.731. The molecule has 1 aliphatic rings. The number of methoxy groups -OCH3 is 1. The van der Waals surface area contributed by atoms with Gasteiger partial charge in [0, 0.05) is 27.3 Å². The van der Waals surface area contributed by atoms with Gasteiger partial charge in [0.1, 0.15) is 12.3 Å². The zero-order valence-electron chi connectivity index (χ0n) is 12.4. The van der Waals surface area contributed by atoms with Gasteiger partial charge in [-0.3, -0.25) is 14.5 Å². The molecule has 0 saturated heterocycles. The van der Waals surface area contributed by atoms with Crippen molar-refractivity contribution in [2.24, 2.45) is 0 Å². The van der Waals surface area contributed by atoms with E-state index in [0.29, 0.717) is 24.6 Å². The minimum absolute atomic E-state index is 0.0301. The standard InChI is InChI=1S/C15H20N2O4/c1-16(8-5-9-20-2)14(18)10-17-12-6-3-4-7-13(12)21-11-15(17)19/h3-4,6-7H,5,8-11H2,1-2H3. The predicted molar refractivity (Wildman–Crippen MR) is 78.4 cm³/mol. The molecule has 0 saturated carbocycles. The summed E-state index contributed by atoms with van der Waals surface area (Å²) in [5.41, 5.74) is 0.646. The number of nitrogens with zero attached hydrogens (tertiary/aromatic N) is 2. The summed E-state index contributed by atoms with van der Waals surface area (Å²) in [5, 5.41) is 0. The lowest BCUT2D eigenvalue weighted by Gasteiger charge is -2.30. The number of amides is 2. The van der Waals surface area contributed by atoms with Gasteiger partial charge in [0.15, 0.2) is 6.61 Å². The van der Waals surface area contributed by atoms with Crippen LogP contribution < -0.4 is 9.64 Å². The van der Waals surface area contributed by atoms with Gasteiger partial charge in [0.25, 0.3) is 5.91 Å². The number of benzene rings is 1. The third kappa shape index (κ3) is 3.72. The molecule has 0 radical (unpaired) electrons. The first-order valence-corrected chi connectivity index (χ1v) is 6.88. The van der Waals surface area contributed by atoms with Crippen molar-refractivity contribution in [1.82, 2.24) is 4.90 Å². The van der Waals surface area contributed by atoms with E-state index < -0.39 is 0 Å². The van der Waals surface area contributed by atoms with E-state index in [9.17, 15) is 9.59 Å². The van der Waals surface area contributed by atoms with Crippen molar-refractivity contribution in [2.45, 2.75) is 6.42 Å². The Balaban J connectivity index is 2.01. The molecule has 0 spiro atoms. The van der Waals surface area contributed by atoms with Crippen LogP contribution in [-0.2, 0) is 14.3 Å². The second kappa shape index (κ2) is 7.08. The van der Waals surface area contributed by atoms with Gasteiger partial charge in [-0.15, -0.1) is 0 Å². The normalized spacial score (nSPS) is 13.6. The Hall–Kier alpha value is -2.08. The molecule has 0 unspecified atom stereocenters. The largest absolute Gasteiger partial charge is 0.482 e. The van der Waals surface area contributed by atoms with Gasteiger partial charge in [-0.1, -0.05) is 12.1 Å². The molecule has 2 amide bonds. The Bertz CT molecular complexity index is 518. The van der Waals surface area contributed by atoms with Crippen LogP contribution in [0.2, 0.25) is 0 Å². The maximum absolute atomic E-state index is 12.2. The first kappa shape index (κ1) is 15.3. The lowest BCUT2D eigenvalue weighted by atomic mass is 10.2. The Morgan fingerprint density at radius 3 is 2.95 bits per heavy atom. The van der Waals surface area contributed by atoms with E-state index in [0.717, 1.165) is 6.42 Å². The van der Waals surface area contributed by atoms with Crippen LogP contribution >= 0.6 is 0 Å². The Labute approximate surface area is 124 Å². The number of fused-ring (bicyclic) bond motifs is 1. The molecule has 0 atom stereocenters. The van der Waals surface area contributed by atoms with Gasteiger partial charge in [0.2, 0.25) is 5.91 Å². The van der Waals surface area contributed by atoms with Gasteiger partial charge in [-0.05, 0) is 18.6 Å². The molecule has 21 heavy (non-hydrogen) atoms. The van der Waals surface area contributed by atoms with E-state index in [-0.39, 0.29) is 25.0 Å². The van der Waals surface area contributed by atoms with Crippen molar-refractivity contribution in [3.8, 4) is 5.75 Å². The topological polar surface area (TPSA) is 59.1 Å². The highest BCUT2D eigenvalue weighted by Crippen LogP contribution is 2.31. The Kier molecular flexibility index (Phi) is 5.16. The number of carbonyl (C=O) groups is 2. The monoisotopic (exact) mass is 292 g/mol. The van der Waals surface area contributed by atoms with E-state index in [1.54, 1.807) is 31.2 Å². The number of carbonyl (C=O) groups excluding carboxylic acids is 2. The molecule has 1 aromatic rings. The van der Waals surface area contributed by atoms with Crippen LogP contribution in [0.4, 0.5) is 5.69 Å². The highest BCUT2D eigenvalue weighted by Gasteiger charge is 2.27. The summed E-state index contributed by atoms with van der Waals surface area (Å²) in [4.78, 5) is 27.3. The fourth-order valence-electron chi connectivity index (χ4n) is 2.15. The summed E-state index contributed by atoms with van der Waals surface area (Å²) in [6.07, 6.45) is 0.770. The Morgan fingerprint density at radius 1 is 1.43 bits per heavy atom. The van der Waals surface area contributed by atoms with Gasteiger partial charge >= 0.3 is 0 Å². The zero-order chi connectivity index (χ0) is 15.2. The molecule has 0 N–H and O–H groups in total. The molecule has 1 aliphatic heterocycles. The lowest BCUT2D eigenvalue weighted by Crippen LogP contribution is -2.45. The molecule has 0 bridgehead atoms. The minimum Gasteiger partial charge on any atom is -0.482 e. The SMILES string of the molecule is COCCCN(C)C(=O)CN1C(=O)COc2ccccc21. The van der Waals surface area contributed by atoms with Crippen molar-refractivity contribution in [1.29, 1.82) is 0 Å². The van der Waals surface area contributed by atoms with Crippen LogP contribution in [0.25, 0.3) is 0 Å². The molecule has 1 aromatic carbocycles. The predicted octanol–water partition coefficient (Wildman–Crippen LogP) is 0.907. The zero-order valence-corrected chi connectivity index (χ0v) is 12.4. The number of hydrogen-bond acceptors (Lipinski definition) is 4. The molecule has 0 aromatic heterocycles. The maximum Gasteiger partial charge on any atom is 0.265 e. The van der Waals surface area contributed by atoms with E-state index in [1.807, 2.05) is 12.1 Å². The number of likely N-dealkylation sites (N-methyl/N-ethyl adjacent to an activating group) is 1. The van der Waals surface area contributed by atoms with Crippen LogP contribution in [0.15, 0.2) is 24.3 Å². The number of hydrogen-bond donors (Lipinski definition) is 0. The second-order valence-corrected chi connectivity index (χ2v) is 4.90. The molecule has 2 rings (SSSR count). The fraction of sp³-hybridized carbons (Fsp3) is 0.467. The average molecular weight is 292 g/mol. The van der Waals surface area contributed by atoms with Crippen LogP contribution in [0, 0.1) is 0 Å². The van der Waals surface area contributed by atoms with E-state index in [4.69, 9.17) is 9.47 Å². The molecule has 0 aliphatic carbocycles. The van der Waals surface area contributed by atoms with Gasteiger partial charge in [0.05, 0.1) is 5.69 Å². The number of rotatable bonds is 6. The summed E-state index contributed by atoms with van der Waals surface area (Å²) in [6.45, 7) is 1.21. The summed E-state index contributed by atoms with van der Waals surface area (Å²) in [5.74, 6) is 0.329. The van der Waals surface area contributed by atoms with Gasteiger partial charge < -0.3 is 14.4 Å². The average Bonchev–Trinajstić information content (AvgIpc) is 2.50. The fourth-order valence-corrected chi connectivity index (χ4v) is 2.15. The highest BCUT2D eigenvalue weighted by molar-refractivity contribution is 6.02. The third-order valence-electron chi connectivity index (χ3n) is 3.37. The minimum atomic E-state index is -0.202. The van der Waals surface area contributed by atoms with Gasteiger partial charge in [-0.2, -0.15) is 0 Å². The molecule has 1 heterocycles. The summed E-state index contributed by atoms with van der Waals surface area (Å²) < 4.78 is 10.3. The molecule has 114 valence electrons. The first-order valence-electron chi connectivity index (χ1n) is 6.88. The van der Waals surface area contributed by atoms with Crippen LogP contribution in [-0.4, -0.2) is 57.2 Å². The van der Waals surface area contributed by atoms with Crippen molar-refractivity contribution < 1.29 is 19.1 Å². The van der Waals surface area contributed by atoms with Crippen molar-refractivity contribution >= 4 is 17.5 Å². The van der Waals surface area contributed by atoms with E-state index in [2.05, 4.69) is 0 Å². The van der Waals surface area contributed by atoms with Gasteiger partial charge in [-0.25, -0.2) is 0 Å². The summed E-state index contributed by atoms with van der Waals surface area (Å²) >= 11 is 0. The second-order valence-electron chi connectivity index (χ2n) is 4.90. The smallest absolute Gasteiger partial charge is 0.265 e. The van der Waals surface area contributed by atoms with E-state index >= 15 is 0 Å². The lowest BCUT2D eigenvalue weighted by molar-refractivity contribution is -0.131. The van der Waals surface area contributed by atoms with Crippen molar-refractivity contribution in [3.63, 3.8) is 0 Å². The van der Waals surface area contributed by atoms with Crippen molar-refractivity contribution in [2.75, 3.05) is 45.4 Å². The molecular weight excluding hydrogens is 272 g/mol. The summed E-state index contributed by atoms with van der Waals surface area (Å²) in [6, 6.07) is 7.23. The number of para-hydroxylation sites is 2. The highest BCUT2D eigenvalue weighted by atomic mass is 16.5.